The maximum Gasteiger partial charge on any atom is 0.258 e. The van der Waals surface area contributed by atoms with Gasteiger partial charge in [0.25, 0.3) is 5.91 Å². The number of carbonyl (C=O) groups is 1. The van der Waals surface area contributed by atoms with Crippen molar-refractivity contribution in [3.05, 3.63) is 54.1 Å². The number of rotatable bonds is 9. The first-order chi connectivity index (χ1) is 12.1. The predicted molar refractivity (Wildman–Crippen MR) is 97.3 cm³/mol. The highest BCUT2D eigenvalue weighted by molar-refractivity contribution is 5.77. The van der Waals surface area contributed by atoms with Crippen molar-refractivity contribution in [2.24, 2.45) is 0 Å². The van der Waals surface area contributed by atoms with Crippen LogP contribution in [0.25, 0.3) is 0 Å². The Kier molecular flexibility index (Phi) is 7.29. The molecular weight excluding hydrogens is 318 g/mol. The van der Waals surface area contributed by atoms with Gasteiger partial charge in [-0.3, -0.25) is 4.79 Å². The van der Waals surface area contributed by atoms with Gasteiger partial charge in [0.15, 0.2) is 6.61 Å². The van der Waals surface area contributed by atoms with Gasteiger partial charge >= 0.3 is 0 Å². The Labute approximate surface area is 148 Å². The fraction of sp³-hybridized carbons (Fsp3) is 0.350. The zero-order valence-corrected chi connectivity index (χ0v) is 15.0. The Morgan fingerprint density at radius 1 is 1.00 bits per heavy atom. The van der Waals surface area contributed by atoms with Gasteiger partial charge in [-0.25, -0.2) is 0 Å². The van der Waals surface area contributed by atoms with Crippen molar-refractivity contribution in [3.8, 4) is 17.2 Å². The predicted octanol–water partition coefficient (Wildman–Crippen LogP) is 3.71. The molecule has 0 aliphatic carbocycles. The zero-order chi connectivity index (χ0) is 18.1. The molecule has 5 nitrogen and oxygen atoms in total. The average Bonchev–Trinajstić information content (AvgIpc) is 2.62. The van der Waals surface area contributed by atoms with Gasteiger partial charge in [-0.05, 0) is 49.7 Å². The van der Waals surface area contributed by atoms with E-state index in [1.54, 1.807) is 19.2 Å². The number of ether oxygens (including phenoxy) is 3. The minimum atomic E-state index is -0.163. The van der Waals surface area contributed by atoms with E-state index in [-0.39, 0.29) is 18.6 Å². The summed E-state index contributed by atoms with van der Waals surface area (Å²) in [5.74, 6) is 1.95. The molecular formula is C20H25NO4. The van der Waals surface area contributed by atoms with Gasteiger partial charge in [-0.1, -0.05) is 24.6 Å². The quantitative estimate of drug-likeness (QED) is 0.754. The number of hydrogen-bond donors (Lipinski definition) is 1. The molecule has 0 fully saturated rings. The van der Waals surface area contributed by atoms with Crippen LogP contribution in [0.4, 0.5) is 0 Å². The smallest absolute Gasteiger partial charge is 0.258 e. The highest BCUT2D eigenvalue weighted by Crippen LogP contribution is 2.24. The van der Waals surface area contributed by atoms with Gasteiger partial charge in [0, 0.05) is 7.11 Å². The monoisotopic (exact) mass is 343 g/mol. The van der Waals surface area contributed by atoms with E-state index in [0.717, 1.165) is 12.2 Å². The molecule has 25 heavy (non-hydrogen) atoms. The number of hydrogen-bond acceptors (Lipinski definition) is 4. The number of nitrogens with one attached hydrogen (secondary N) is 1. The van der Waals surface area contributed by atoms with Crippen molar-refractivity contribution in [2.45, 2.75) is 26.3 Å². The third kappa shape index (κ3) is 6.47. The molecule has 1 unspecified atom stereocenters. The zero-order valence-electron chi connectivity index (χ0n) is 15.0. The fourth-order valence-electron chi connectivity index (χ4n) is 2.23. The number of aryl methyl sites for hydroxylation is 1. The fourth-order valence-corrected chi connectivity index (χ4v) is 2.23. The highest BCUT2D eigenvalue weighted by atomic mass is 16.5. The van der Waals surface area contributed by atoms with E-state index in [1.165, 1.54) is 5.56 Å². The Balaban J connectivity index is 1.81. The van der Waals surface area contributed by atoms with Crippen LogP contribution in [0, 0.1) is 6.92 Å². The van der Waals surface area contributed by atoms with E-state index >= 15 is 0 Å². The first-order valence-corrected chi connectivity index (χ1v) is 8.36. The van der Waals surface area contributed by atoms with Crippen LogP contribution in [0.5, 0.6) is 17.2 Å². The SMILES string of the molecule is CCC(COC)NC(=O)COc1ccc(Oc2ccc(C)cc2)cc1. The van der Waals surface area contributed by atoms with Crippen LogP contribution in [0.2, 0.25) is 0 Å². The molecule has 0 saturated carbocycles. The van der Waals surface area contributed by atoms with E-state index in [1.807, 2.05) is 50.2 Å². The molecule has 0 aromatic heterocycles. The van der Waals surface area contributed by atoms with Crippen LogP contribution in [0.15, 0.2) is 48.5 Å². The Morgan fingerprint density at radius 3 is 2.12 bits per heavy atom. The number of carbonyl (C=O) groups excluding carboxylic acids is 1. The van der Waals surface area contributed by atoms with Crippen LogP contribution >= 0.6 is 0 Å². The van der Waals surface area contributed by atoms with E-state index in [4.69, 9.17) is 14.2 Å². The first-order valence-electron chi connectivity index (χ1n) is 8.36. The minimum Gasteiger partial charge on any atom is -0.484 e. The summed E-state index contributed by atoms with van der Waals surface area (Å²) in [6.45, 7) is 4.49. The molecule has 0 aliphatic heterocycles. The summed E-state index contributed by atoms with van der Waals surface area (Å²) < 4.78 is 16.3. The molecule has 2 aromatic rings. The molecule has 0 heterocycles. The van der Waals surface area contributed by atoms with Gasteiger partial charge < -0.3 is 19.5 Å². The van der Waals surface area contributed by atoms with Crippen molar-refractivity contribution in [2.75, 3.05) is 20.3 Å². The Bertz CT molecular complexity index is 652. The van der Waals surface area contributed by atoms with Crippen molar-refractivity contribution in [1.82, 2.24) is 5.32 Å². The normalized spacial score (nSPS) is 11.6. The van der Waals surface area contributed by atoms with Crippen LogP contribution in [-0.2, 0) is 9.53 Å². The molecule has 0 aliphatic rings. The van der Waals surface area contributed by atoms with Gasteiger partial charge in [0.05, 0.1) is 12.6 Å². The lowest BCUT2D eigenvalue weighted by Gasteiger charge is -2.16. The van der Waals surface area contributed by atoms with E-state index in [0.29, 0.717) is 18.1 Å². The molecule has 1 N–H and O–H groups in total. The van der Waals surface area contributed by atoms with Gasteiger partial charge in [-0.2, -0.15) is 0 Å². The molecule has 5 heteroatoms. The van der Waals surface area contributed by atoms with Crippen molar-refractivity contribution in [3.63, 3.8) is 0 Å². The lowest BCUT2D eigenvalue weighted by molar-refractivity contribution is -0.124. The maximum atomic E-state index is 11.9. The molecule has 2 aromatic carbocycles. The molecule has 1 amide bonds. The number of amides is 1. The lowest BCUT2D eigenvalue weighted by Crippen LogP contribution is -2.40. The summed E-state index contributed by atoms with van der Waals surface area (Å²) in [6, 6.07) is 15.0. The summed E-state index contributed by atoms with van der Waals surface area (Å²) in [5, 5.41) is 2.87. The van der Waals surface area contributed by atoms with Crippen LogP contribution < -0.4 is 14.8 Å². The summed E-state index contributed by atoms with van der Waals surface area (Å²) in [7, 11) is 1.62. The Morgan fingerprint density at radius 2 is 1.56 bits per heavy atom. The van der Waals surface area contributed by atoms with E-state index in [2.05, 4.69) is 5.32 Å². The minimum absolute atomic E-state index is 0.00591. The summed E-state index contributed by atoms with van der Waals surface area (Å²) in [4.78, 5) is 11.9. The number of methoxy groups -OCH3 is 1. The summed E-state index contributed by atoms with van der Waals surface area (Å²) in [6.07, 6.45) is 0.810. The van der Waals surface area contributed by atoms with Gasteiger partial charge in [0.2, 0.25) is 0 Å². The maximum absolute atomic E-state index is 11.9. The molecule has 0 bridgehead atoms. The molecule has 134 valence electrons. The molecule has 0 spiro atoms. The van der Waals surface area contributed by atoms with Crippen LogP contribution in [0.1, 0.15) is 18.9 Å². The molecule has 2 rings (SSSR count). The Hall–Kier alpha value is -2.53. The largest absolute Gasteiger partial charge is 0.484 e. The third-order valence-electron chi connectivity index (χ3n) is 3.68. The highest BCUT2D eigenvalue weighted by Gasteiger charge is 2.10. The lowest BCUT2D eigenvalue weighted by atomic mass is 10.2. The first kappa shape index (κ1) is 18.8. The van der Waals surface area contributed by atoms with Crippen LogP contribution in [0.3, 0.4) is 0 Å². The van der Waals surface area contributed by atoms with E-state index < -0.39 is 0 Å². The second kappa shape index (κ2) is 9.69. The van der Waals surface area contributed by atoms with Crippen molar-refractivity contribution < 1.29 is 19.0 Å². The van der Waals surface area contributed by atoms with Gasteiger partial charge in [-0.15, -0.1) is 0 Å². The second-order valence-electron chi connectivity index (χ2n) is 5.80. The summed E-state index contributed by atoms with van der Waals surface area (Å²) in [5.41, 5.74) is 1.19. The van der Waals surface area contributed by atoms with Crippen molar-refractivity contribution in [1.29, 1.82) is 0 Å². The topological polar surface area (TPSA) is 56.8 Å². The summed E-state index contributed by atoms with van der Waals surface area (Å²) >= 11 is 0. The van der Waals surface area contributed by atoms with E-state index in [9.17, 15) is 4.79 Å². The van der Waals surface area contributed by atoms with Gasteiger partial charge in [0.1, 0.15) is 17.2 Å². The van der Waals surface area contributed by atoms with Crippen molar-refractivity contribution >= 4 is 5.91 Å². The molecule has 0 saturated heterocycles. The second-order valence-corrected chi connectivity index (χ2v) is 5.80. The standard InChI is InChI=1S/C20H25NO4/c1-4-16(13-23-3)21-20(22)14-24-17-9-11-19(12-10-17)25-18-7-5-15(2)6-8-18/h5-12,16H,4,13-14H2,1-3H3,(H,21,22). The van der Waals surface area contributed by atoms with Crippen LogP contribution in [-0.4, -0.2) is 32.3 Å². The average molecular weight is 343 g/mol. The molecule has 0 radical (unpaired) electrons. The third-order valence-corrected chi connectivity index (χ3v) is 3.68. The number of benzene rings is 2. The molecule has 1 atom stereocenters.